The van der Waals surface area contributed by atoms with Gasteiger partial charge in [-0.3, -0.25) is 6.08 Å². The molecule has 0 saturated carbocycles. The van der Waals surface area contributed by atoms with Crippen molar-refractivity contribution in [2.24, 2.45) is 0 Å². The van der Waals surface area contributed by atoms with Gasteiger partial charge in [-0.05, 0) is 65.2 Å². The van der Waals surface area contributed by atoms with Crippen LogP contribution < -0.4 is 52.8 Å². The summed E-state index contributed by atoms with van der Waals surface area (Å²) in [6.45, 7) is 25.4. The van der Waals surface area contributed by atoms with Gasteiger partial charge in [0.2, 0.25) is 0 Å². The van der Waals surface area contributed by atoms with Crippen LogP contribution >= 0.6 is 0 Å². The molecule has 5 heteroatoms. The van der Waals surface area contributed by atoms with E-state index >= 15 is 0 Å². The van der Waals surface area contributed by atoms with Crippen LogP contribution in [0.1, 0.15) is 88.3 Å². The number of hydrogen-bond donors (Lipinski definition) is 0. The maximum absolute atomic E-state index is 3.92. The number of rotatable bonds is 4. The van der Waals surface area contributed by atoms with Crippen molar-refractivity contribution >= 4 is 23.6 Å². The Morgan fingerprint density at radius 2 is 0.878 bits per heavy atom. The molecular formula is C36H45Cl3SiTi. The Morgan fingerprint density at radius 3 is 1.17 bits per heavy atom. The molecule has 0 bridgehead atoms. The van der Waals surface area contributed by atoms with Crippen LogP contribution in [-0.2, 0) is 32.5 Å². The molecule has 0 heterocycles. The summed E-state index contributed by atoms with van der Waals surface area (Å²) < 4.78 is 0. The van der Waals surface area contributed by atoms with E-state index in [-0.39, 0.29) is 69.8 Å². The molecule has 0 nitrogen and oxygen atoms in total. The zero-order chi connectivity index (χ0) is 27.3. The minimum Gasteiger partial charge on any atom is -1.00 e. The third-order valence-corrected chi connectivity index (χ3v) is 12.6. The quantitative estimate of drug-likeness (QED) is 0.184. The number of benzene rings is 3. The Labute approximate surface area is 285 Å². The minimum absolute atomic E-state index is 0. The molecule has 0 spiro atoms. The molecule has 0 N–H and O–H groups in total. The second-order valence-corrected chi connectivity index (χ2v) is 17.2. The fourth-order valence-electron chi connectivity index (χ4n) is 6.00. The first-order valence-corrected chi connectivity index (χ1v) is 15.7. The monoisotopic (exact) mass is 658 g/mol. The molecule has 1 aliphatic carbocycles. The number of allylic oxidation sites excluding steroid dienone is 4. The largest absolute Gasteiger partial charge is 4.00 e. The van der Waals surface area contributed by atoms with Crippen molar-refractivity contribution in [2.45, 2.75) is 93.4 Å². The second-order valence-electron chi connectivity index (χ2n) is 13.4. The van der Waals surface area contributed by atoms with Gasteiger partial charge in [0.1, 0.15) is 8.07 Å². The molecule has 0 aliphatic heterocycles. The first-order valence-electron chi connectivity index (χ1n) is 13.7. The van der Waals surface area contributed by atoms with E-state index in [1.165, 1.54) is 59.7 Å². The summed E-state index contributed by atoms with van der Waals surface area (Å²) in [6.07, 6.45) is 7.20. The molecule has 0 radical (unpaired) electrons. The van der Waals surface area contributed by atoms with E-state index in [4.69, 9.17) is 0 Å². The molecule has 0 saturated heterocycles. The van der Waals surface area contributed by atoms with E-state index in [2.05, 4.69) is 143 Å². The minimum atomic E-state index is -2.66. The fraction of sp³-hybridized carbons (Fsp3) is 0.389. The normalized spacial score (nSPS) is 13.1. The molecule has 1 aliphatic rings. The third-order valence-electron chi connectivity index (χ3n) is 7.86. The molecule has 0 aromatic heterocycles. The molecule has 218 valence electrons. The van der Waals surface area contributed by atoms with Crippen molar-refractivity contribution in [3.63, 3.8) is 0 Å². The van der Waals surface area contributed by atoms with Crippen LogP contribution in [0.25, 0.3) is 0 Å². The van der Waals surface area contributed by atoms with Gasteiger partial charge in [0.05, 0.1) is 0 Å². The van der Waals surface area contributed by atoms with Gasteiger partial charge in [-0.15, -0.1) is 13.3 Å². The summed E-state index contributed by atoms with van der Waals surface area (Å²) in [5, 5.41) is 5.86. The van der Waals surface area contributed by atoms with E-state index in [1.54, 1.807) is 0 Å². The molecular weight excluding hydrogens is 615 g/mol. The maximum Gasteiger partial charge on any atom is 4.00 e. The Balaban J connectivity index is 0.00000400. The van der Waals surface area contributed by atoms with Crippen molar-refractivity contribution in [2.75, 3.05) is 0 Å². The van der Waals surface area contributed by atoms with Crippen molar-refractivity contribution < 1.29 is 58.9 Å². The molecule has 0 unspecified atom stereocenters. The predicted molar refractivity (Wildman–Crippen MR) is 165 cm³/mol. The summed E-state index contributed by atoms with van der Waals surface area (Å²) in [6, 6.07) is 22.1. The van der Waals surface area contributed by atoms with Gasteiger partial charge in [0.15, 0.2) is 0 Å². The van der Waals surface area contributed by atoms with Gasteiger partial charge in [-0.25, -0.2) is 10.8 Å². The van der Waals surface area contributed by atoms with Gasteiger partial charge in [0.25, 0.3) is 0 Å². The van der Waals surface area contributed by atoms with Gasteiger partial charge < -0.3 is 37.2 Å². The van der Waals surface area contributed by atoms with Gasteiger partial charge in [-0.1, -0.05) is 118 Å². The van der Waals surface area contributed by atoms with Crippen molar-refractivity contribution in [3.05, 3.63) is 111 Å². The zero-order valence-electron chi connectivity index (χ0n) is 26.6. The van der Waals surface area contributed by atoms with E-state index in [0.717, 1.165) is 6.42 Å². The summed E-state index contributed by atoms with van der Waals surface area (Å²) in [4.78, 5) is 0. The van der Waals surface area contributed by atoms with E-state index < -0.39 is 8.07 Å². The van der Waals surface area contributed by atoms with Gasteiger partial charge in [0, 0.05) is 0 Å². The SMILES string of the molecule is CC1=CC[C-]=C1[Si](c1cc(C)cc(C)c1)(c1cc(C)cc(C)c1)c1cc(C(C)(C)C)cc(C(C)(C)C)c1.[Cl-].[Cl-].[Cl-].[Ti+4]. The maximum atomic E-state index is 3.92. The van der Waals surface area contributed by atoms with E-state index in [1.807, 2.05) is 0 Å². The fourth-order valence-corrected chi connectivity index (χ4v) is 11.4. The van der Waals surface area contributed by atoms with E-state index in [0.29, 0.717) is 0 Å². The predicted octanol–water partition coefficient (Wildman–Crippen LogP) is -1.39. The summed E-state index contributed by atoms with van der Waals surface area (Å²) in [5.74, 6) is 0. The number of aryl methyl sites for hydroxylation is 4. The van der Waals surface area contributed by atoms with Crippen LogP contribution in [0.4, 0.5) is 0 Å². The van der Waals surface area contributed by atoms with Crippen molar-refractivity contribution in [3.8, 4) is 0 Å². The van der Waals surface area contributed by atoms with Gasteiger partial charge >= 0.3 is 21.7 Å². The molecule has 41 heavy (non-hydrogen) atoms. The molecule has 3 aromatic rings. The zero-order valence-corrected chi connectivity index (χ0v) is 31.4. The van der Waals surface area contributed by atoms with E-state index in [9.17, 15) is 0 Å². The Hall–Kier alpha value is -1.06. The van der Waals surface area contributed by atoms with Crippen LogP contribution in [-0.4, -0.2) is 8.07 Å². The molecule has 0 amide bonds. The first-order chi connectivity index (χ1) is 17.1. The second kappa shape index (κ2) is 14.6. The van der Waals surface area contributed by atoms with Crippen LogP contribution in [0.15, 0.2) is 71.4 Å². The summed E-state index contributed by atoms with van der Waals surface area (Å²) in [5.41, 5.74) is 9.67. The Bertz CT molecular complexity index is 1300. The average molecular weight is 660 g/mol. The summed E-state index contributed by atoms with van der Waals surface area (Å²) >= 11 is 0. The molecule has 4 rings (SSSR count). The van der Waals surface area contributed by atoms with Crippen LogP contribution in [0.5, 0.6) is 0 Å². The van der Waals surface area contributed by atoms with Crippen LogP contribution in [0, 0.1) is 33.8 Å². The molecule has 3 aromatic carbocycles. The third kappa shape index (κ3) is 8.11. The topological polar surface area (TPSA) is 0 Å². The smallest absolute Gasteiger partial charge is 1.00 e. The van der Waals surface area contributed by atoms with Crippen LogP contribution in [0.3, 0.4) is 0 Å². The first kappa shape index (κ1) is 39.9. The Kier molecular flexibility index (Phi) is 14.2. The molecule has 0 fully saturated rings. The van der Waals surface area contributed by atoms with Gasteiger partial charge in [-0.2, -0.15) is 6.08 Å². The number of halogens is 3. The average Bonchev–Trinajstić information content (AvgIpc) is 3.18. The van der Waals surface area contributed by atoms with Crippen LogP contribution in [0.2, 0.25) is 0 Å². The van der Waals surface area contributed by atoms with Crippen molar-refractivity contribution in [1.82, 2.24) is 0 Å². The van der Waals surface area contributed by atoms with Crippen molar-refractivity contribution in [1.29, 1.82) is 0 Å². The Morgan fingerprint density at radius 1 is 0.537 bits per heavy atom. The summed E-state index contributed by atoms with van der Waals surface area (Å²) in [7, 11) is -2.66. The molecule has 0 atom stereocenters. The number of hydrogen-bond acceptors (Lipinski definition) is 0. The standard InChI is InChI=1S/C36H45Si.3ClH.Ti/c1-24-15-25(2)18-31(17-24)37(34-14-12-13-28(34)5,32-19-26(3)16-27(4)20-32)33-22-29(35(6,7)8)21-30(23-33)36(9,10)11;;;;/h13,15-23H,12H2,1-11H3;3*1H;/q-1;;;;+4/p-3.